The van der Waals surface area contributed by atoms with Crippen molar-refractivity contribution in [3.63, 3.8) is 0 Å². The molecule has 0 spiro atoms. The van der Waals surface area contributed by atoms with Gasteiger partial charge in [-0.15, -0.1) is 0 Å². The lowest BCUT2D eigenvalue weighted by atomic mass is 10.1. The van der Waals surface area contributed by atoms with Gasteiger partial charge in [0.15, 0.2) is 0 Å². The van der Waals surface area contributed by atoms with Crippen LogP contribution < -0.4 is 0 Å². The summed E-state index contributed by atoms with van der Waals surface area (Å²) < 4.78 is 0. The zero-order valence-electron chi connectivity index (χ0n) is 7.06. The second-order valence-electron chi connectivity index (χ2n) is 2.62. The highest BCUT2D eigenvalue weighted by atomic mass is 16.2. The molecule has 0 aliphatic heterocycles. The summed E-state index contributed by atoms with van der Waals surface area (Å²) in [7, 11) is 0. The maximum absolute atomic E-state index is 8.47. The monoisotopic (exact) mass is 142 g/mol. The fraction of sp³-hybridized carbons (Fsp3) is 0.778. The van der Waals surface area contributed by atoms with Gasteiger partial charge in [-0.2, -0.15) is 0 Å². The minimum Gasteiger partial charge on any atom is -0.396 e. The first kappa shape index (κ1) is 9.70. The Bertz CT molecular complexity index is 94.9. The van der Waals surface area contributed by atoms with E-state index in [1.54, 1.807) is 0 Å². The molecule has 1 heteroatoms. The standard InChI is InChI=1S/C9H18O/c1-3-9(2)7-5-4-6-8-10/h7,10H,3-6,8H2,1-2H3/b9-7+. The molecule has 0 atom stereocenters. The van der Waals surface area contributed by atoms with Crippen molar-refractivity contribution in [2.45, 2.75) is 39.5 Å². The van der Waals surface area contributed by atoms with Gasteiger partial charge in [-0.05, 0) is 32.6 Å². The molecule has 1 N–H and O–H groups in total. The van der Waals surface area contributed by atoms with Crippen LogP contribution in [0.15, 0.2) is 11.6 Å². The number of aliphatic hydroxyl groups excluding tert-OH is 1. The predicted molar refractivity (Wildman–Crippen MR) is 45.0 cm³/mol. The third-order valence-electron chi connectivity index (χ3n) is 1.66. The van der Waals surface area contributed by atoms with Gasteiger partial charge in [-0.25, -0.2) is 0 Å². The Hall–Kier alpha value is -0.300. The van der Waals surface area contributed by atoms with Crippen molar-refractivity contribution in [3.05, 3.63) is 11.6 Å². The first-order valence-corrected chi connectivity index (χ1v) is 4.07. The van der Waals surface area contributed by atoms with Crippen molar-refractivity contribution in [1.29, 1.82) is 0 Å². The summed E-state index contributed by atoms with van der Waals surface area (Å²) in [6.07, 6.45) is 6.59. The smallest absolute Gasteiger partial charge is 0.0431 e. The van der Waals surface area contributed by atoms with Crippen LogP contribution in [0.3, 0.4) is 0 Å². The molecule has 0 bridgehead atoms. The van der Waals surface area contributed by atoms with Gasteiger partial charge in [-0.3, -0.25) is 0 Å². The van der Waals surface area contributed by atoms with Gasteiger partial charge in [0.25, 0.3) is 0 Å². The van der Waals surface area contributed by atoms with Crippen molar-refractivity contribution in [3.8, 4) is 0 Å². The van der Waals surface area contributed by atoms with Crippen LogP contribution in [0.25, 0.3) is 0 Å². The first-order chi connectivity index (χ1) is 4.81. The van der Waals surface area contributed by atoms with Crippen molar-refractivity contribution in [2.75, 3.05) is 6.61 Å². The third-order valence-corrected chi connectivity index (χ3v) is 1.66. The molecular weight excluding hydrogens is 124 g/mol. The Labute approximate surface area is 63.8 Å². The van der Waals surface area contributed by atoms with E-state index in [-0.39, 0.29) is 0 Å². The molecule has 10 heavy (non-hydrogen) atoms. The van der Waals surface area contributed by atoms with Crippen molar-refractivity contribution >= 4 is 0 Å². The quantitative estimate of drug-likeness (QED) is 0.462. The molecule has 0 aromatic rings. The fourth-order valence-electron chi connectivity index (χ4n) is 0.749. The highest BCUT2D eigenvalue weighted by Gasteiger charge is 1.84. The van der Waals surface area contributed by atoms with Crippen LogP contribution in [0.2, 0.25) is 0 Å². The summed E-state index contributed by atoms with van der Waals surface area (Å²) in [5, 5.41) is 8.47. The number of hydrogen-bond donors (Lipinski definition) is 1. The molecule has 1 nitrogen and oxygen atoms in total. The molecule has 0 unspecified atom stereocenters. The summed E-state index contributed by atoms with van der Waals surface area (Å²) >= 11 is 0. The van der Waals surface area contributed by atoms with E-state index in [0.717, 1.165) is 25.7 Å². The fourth-order valence-corrected chi connectivity index (χ4v) is 0.749. The molecule has 0 aliphatic carbocycles. The van der Waals surface area contributed by atoms with Crippen LogP contribution >= 0.6 is 0 Å². The third kappa shape index (κ3) is 5.83. The molecule has 0 saturated carbocycles. The molecular formula is C9H18O. The summed E-state index contributed by atoms with van der Waals surface area (Å²) in [6.45, 7) is 4.65. The van der Waals surface area contributed by atoms with Crippen LogP contribution in [-0.4, -0.2) is 11.7 Å². The second-order valence-corrected chi connectivity index (χ2v) is 2.62. The molecule has 0 heterocycles. The van der Waals surface area contributed by atoms with E-state index in [0.29, 0.717) is 6.61 Å². The van der Waals surface area contributed by atoms with Crippen molar-refractivity contribution < 1.29 is 5.11 Å². The Balaban J connectivity index is 3.16. The molecule has 0 aromatic heterocycles. The summed E-state index contributed by atoms with van der Waals surface area (Å²) in [5.41, 5.74) is 1.46. The van der Waals surface area contributed by atoms with Gasteiger partial charge in [0.05, 0.1) is 0 Å². The van der Waals surface area contributed by atoms with Crippen LogP contribution in [0.4, 0.5) is 0 Å². The van der Waals surface area contributed by atoms with E-state index < -0.39 is 0 Å². The molecule has 0 aliphatic rings. The maximum atomic E-state index is 8.47. The van der Waals surface area contributed by atoms with Crippen LogP contribution in [0.5, 0.6) is 0 Å². The summed E-state index contributed by atoms with van der Waals surface area (Å²) in [6, 6.07) is 0. The van der Waals surface area contributed by atoms with Gasteiger partial charge < -0.3 is 5.11 Å². The normalized spacial score (nSPS) is 12.1. The molecule has 0 fully saturated rings. The lowest BCUT2D eigenvalue weighted by molar-refractivity contribution is 0.285. The highest BCUT2D eigenvalue weighted by Crippen LogP contribution is 2.03. The topological polar surface area (TPSA) is 20.2 Å². The van der Waals surface area contributed by atoms with Crippen LogP contribution in [0, 0.1) is 0 Å². The summed E-state index contributed by atoms with van der Waals surface area (Å²) in [4.78, 5) is 0. The molecule has 0 amide bonds. The van der Waals surface area contributed by atoms with Gasteiger partial charge in [0, 0.05) is 6.61 Å². The molecule has 0 aromatic carbocycles. The van der Waals surface area contributed by atoms with Gasteiger partial charge in [0.1, 0.15) is 0 Å². The number of allylic oxidation sites excluding steroid dienone is 2. The SMILES string of the molecule is CC/C(C)=C/CCCCO. The second kappa shape index (κ2) is 6.81. The molecule has 0 radical (unpaired) electrons. The Morgan fingerprint density at radius 1 is 1.40 bits per heavy atom. The van der Waals surface area contributed by atoms with Crippen molar-refractivity contribution in [2.24, 2.45) is 0 Å². The zero-order valence-corrected chi connectivity index (χ0v) is 7.06. The molecule has 0 rings (SSSR count). The maximum Gasteiger partial charge on any atom is 0.0431 e. The molecule has 0 saturated heterocycles. The summed E-state index contributed by atoms with van der Waals surface area (Å²) in [5.74, 6) is 0. The predicted octanol–water partition coefficient (Wildman–Crippen LogP) is 2.51. The van der Waals surface area contributed by atoms with Crippen LogP contribution in [-0.2, 0) is 0 Å². The number of aliphatic hydroxyl groups is 1. The average Bonchev–Trinajstić information content (AvgIpc) is 1.98. The lowest BCUT2D eigenvalue weighted by Crippen LogP contribution is -1.81. The Morgan fingerprint density at radius 3 is 2.60 bits per heavy atom. The number of unbranched alkanes of at least 4 members (excludes halogenated alkanes) is 2. The minimum atomic E-state index is 0.332. The van der Waals surface area contributed by atoms with Gasteiger partial charge >= 0.3 is 0 Å². The minimum absolute atomic E-state index is 0.332. The zero-order chi connectivity index (χ0) is 7.82. The van der Waals surface area contributed by atoms with E-state index in [4.69, 9.17) is 5.11 Å². The largest absolute Gasteiger partial charge is 0.396 e. The van der Waals surface area contributed by atoms with Gasteiger partial charge in [-0.1, -0.05) is 18.6 Å². The van der Waals surface area contributed by atoms with Crippen LogP contribution in [0.1, 0.15) is 39.5 Å². The first-order valence-electron chi connectivity index (χ1n) is 4.07. The highest BCUT2D eigenvalue weighted by molar-refractivity contribution is 4.96. The van der Waals surface area contributed by atoms with E-state index in [1.165, 1.54) is 5.57 Å². The lowest BCUT2D eigenvalue weighted by Gasteiger charge is -1.94. The van der Waals surface area contributed by atoms with E-state index in [9.17, 15) is 0 Å². The van der Waals surface area contributed by atoms with Crippen molar-refractivity contribution in [1.82, 2.24) is 0 Å². The van der Waals surface area contributed by atoms with E-state index in [1.807, 2.05) is 0 Å². The Morgan fingerprint density at radius 2 is 2.10 bits per heavy atom. The Kier molecular flexibility index (Phi) is 6.61. The number of rotatable bonds is 5. The molecule has 60 valence electrons. The average molecular weight is 142 g/mol. The van der Waals surface area contributed by atoms with E-state index >= 15 is 0 Å². The van der Waals surface area contributed by atoms with Gasteiger partial charge in [0.2, 0.25) is 0 Å². The number of hydrogen-bond acceptors (Lipinski definition) is 1. The van der Waals surface area contributed by atoms with E-state index in [2.05, 4.69) is 19.9 Å².